The van der Waals surface area contributed by atoms with Gasteiger partial charge in [0.1, 0.15) is 84.3 Å². The lowest BCUT2D eigenvalue weighted by Crippen LogP contribution is -2.64. The highest BCUT2D eigenvalue weighted by atomic mass is 19.4. The minimum Gasteiger partial charge on any atom is -0.458 e. The standard InChI is InChI=1S/C70H111F3N14O16/c1-18-38(14)52(64(97)85-55-41(17)103-68(101)51(37(12)13)81-56(89)43(20-3)75-58(91)45(32-42-26-22-21-23-27-42)77-60(93)47(33(4)5)78-63(96)53(39(15)19-2)83-66(55)99)82-57(90)44(28-24-30-74)76-59(92)46-29-25-31-87(46)67(100)50(36(10)11)80-61(94)48(34(6)7)79-65(98)54(40(16)88)84-62(95)49(35(8)9)86-69(102)70(71,72)73/h20-23,26-27,33-41,44-55,88H,18-19,24-25,28-32,74H2,1-17H3,(H,75,91)(H,76,92)(H,77,93)(H,78,96)(H,79,98)(H,80,94)(H,81,89)(H,82,90)(H,83,99)(H,84,95)(H,85,97)(H,86,102)/b43-20-/t38-,39-,40+,41+,44-,45-,46+,47+,48-,49+,50+,51-,52+,53+,54-,55+/m0/s1. The SMILES string of the molecule is C/C=C1\NC(=O)[C@H](Cc2ccccc2)NC(=O)[C@@H](C(C)C)NC(=O)[C@@H]([C@@H](C)CC)NC(=O)[C@H](NC(=O)[C@H](NC(=O)[C@H](CCCN)NC(=O)[C@H]2CCCN2C(=O)[C@H](NC(=O)[C@@H](NC(=O)[C@@H](NC(=O)[C@H](NC(=O)C(F)(F)F)C(C)C)[C@@H](C)O)C(C)C)C(C)C)[C@@H](C)CC)[C@@H](C)OC(=O)[C@H](C(C)C)NC1=O. The molecule has 0 spiro atoms. The van der Waals surface area contributed by atoms with E-state index in [9.17, 15) is 80.6 Å². The van der Waals surface area contributed by atoms with Crippen LogP contribution in [0.2, 0.25) is 0 Å². The molecule has 2 aliphatic heterocycles. The molecule has 0 aromatic heterocycles. The highest BCUT2D eigenvalue weighted by Crippen LogP contribution is 2.24. The van der Waals surface area contributed by atoms with E-state index in [1.165, 1.54) is 52.5 Å². The first kappa shape index (κ1) is 88.5. The van der Waals surface area contributed by atoms with E-state index in [0.717, 1.165) is 6.92 Å². The summed E-state index contributed by atoms with van der Waals surface area (Å²) >= 11 is 0. The molecule has 0 unspecified atom stereocenters. The van der Waals surface area contributed by atoms with Gasteiger partial charge < -0.3 is 84.3 Å². The second kappa shape index (κ2) is 40.9. The van der Waals surface area contributed by atoms with Crippen LogP contribution in [0.5, 0.6) is 0 Å². The highest BCUT2D eigenvalue weighted by Gasteiger charge is 2.46. The van der Waals surface area contributed by atoms with Gasteiger partial charge >= 0.3 is 18.1 Å². The fourth-order valence-corrected chi connectivity index (χ4v) is 11.4. The molecule has 2 aliphatic rings. The molecular formula is C70H111F3N14O16. The zero-order valence-corrected chi connectivity index (χ0v) is 62.2. The fraction of sp³-hybridized carbons (Fsp3) is 0.686. The molecule has 1 aromatic rings. The lowest BCUT2D eigenvalue weighted by atomic mass is 9.95. The Morgan fingerprint density at radius 1 is 0.641 bits per heavy atom. The smallest absolute Gasteiger partial charge is 0.458 e. The van der Waals surface area contributed by atoms with Gasteiger partial charge in [0.25, 0.3) is 5.91 Å². The van der Waals surface area contributed by atoms with Crippen molar-refractivity contribution in [2.24, 2.45) is 47.2 Å². The number of carbonyl (C=O) groups excluding carboxylic acids is 14. The van der Waals surface area contributed by atoms with Crippen LogP contribution < -0.4 is 69.5 Å². The Morgan fingerprint density at radius 3 is 1.68 bits per heavy atom. The molecular weight excluding hydrogens is 1350 g/mol. The maximum absolute atomic E-state index is 15.0. The number of nitrogens with one attached hydrogen (secondary N) is 12. The van der Waals surface area contributed by atoms with Crippen LogP contribution in [0.4, 0.5) is 13.2 Å². The van der Waals surface area contributed by atoms with Gasteiger partial charge in [-0.1, -0.05) is 146 Å². The van der Waals surface area contributed by atoms with Crippen LogP contribution in [-0.4, -0.2) is 197 Å². The van der Waals surface area contributed by atoms with E-state index in [0.29, 0.717) is 5.56 Å². The van der Waals surface area contributed by atoms with Crippen LogP contribution in [0.1, 0.15) is 162 Å². The van der Waals surface area contributed by atoms with Crippen LogP contribution in [0.3, 0.4) is 0 Å². The minimum atomic E-state index is -5.35. The van der Waals surface area contributed by atoms with Gasteiger partial charge in [-0.05, 0) is 100.0 Å². The number of aliphatic hydroxyl groups excluding tert-OH is 1. The topological polar surface area (TPSA) is 442 Å². The number of carbonyl (C=O) groups is 14. The number of nitrogens with zero attached hydrogens (tertiary/aromatic N) is 1. The van der Waals surface area contributed by atoms with Gasteiger partial charge in [0.15, 0.2) is 0 Å². The number of benzene rings is 1. The molecule has 1 aromatic carbocycles. The molecule has 0 aliphatic carbocycles. The predicted octanol–water partition coefficient (Wildman–Crippen LogP) is 0.572. The van der Waals surface area contributed by atoms with Gasteiger partial charge in [0, 0.05) is 13.0 Å². The second-order valence-corrected chi connectivity index (χ2v) is 28.3. The van der Waals surface area contributed by atoms with Gasteiger partial charge in [0.05, 0.1) is 6.10 Å². The van der Waals surface area contributed by atoms with Crippen LogP contribution in [0.15, 0.2) is 42.1 Å². The van der Waals surface area contributed by atoms with E-state index in [-0.39, 0.29) is 63.7 Å². The van der Waals surface area contributed by atoms with E-state index < -0.39 is 215 Å². The molecule has 15 N–H and O–H groups in total. The van der Waals surface area contributed by atoms with E-state index in [1.54, 1.807) is 105 Å². The van der Waals surface area contributed by atoms with Crippen molar-refractivity contribution in [3.63, 3.8) is 0 Å². The van der Waals surface area contributed by atoms with Crippen molar-refractivity contribution >= 4 is 82.8 Å². The summed E-state index contributed by atoms with van der Waals surface area (Å²) in [7, 11) is 0. The first-order valence-electron chi connectivity index (χ1n) is 35.4. The normalized spacial score (nSPS) is 22.9. The second-order valence-electron chi connectivity index (χ2n) is 28.3. The Labute approximate surface area is 600 Å². The zero-order valence-electron chi connectivity index (χ0n) is 62.2. The van der Waals surface area contributed by atoms with E-state index >= 15 is 4.79 Å². The van der Waals surface area contributed by atoms with Crippen molar-refractivity contribution < 1.29 is 90.1 Å². The number of nitrogens with two attached hydrogens (primary N) is 1. The number of allylic oxidation sites excluding steroid dienone is 1. The fourth-order valence-electron chi connectivity index (χ4n) is 11.4. The monoisotopic (exact) mass is 1460 g/mol. The molecule has 0 bridgehead atoms. The van der Waals surface area contributed by atoms with Gasteiger partial charge in [-0.3, -0.25) is 62.3 Å². The maximum atomic E-state index is 15.0. The van der Waals surface area contributed by atoms with E-state index in [4.69, 9.17) is 10.5 Å². The third kappa shape index (κ3) is 25.9. The number of hydrogen-bond donors (Lipinski definition) is 14. The van der Waals surface area contributed by atoms with Crippen molar-refractivity contribution in [1.82, 2.24) is 68.7 Å². The van der Waals surface area contributed by atoms with Gasteiger partial charge in [-0.15, -0.1) is 0 Å². The van der Waals surface area contributed by atoms with Gasteiger partial charge in [-0.2, -0.15) is 13.2 Å². The third-order valence-electron chi connectivity index (χ3n) is 18.3. The number of halogens is 3. The largest absolute Gasteiger partial charge is 0.471 e. The molecule has 0 radical (unpaired) electrons. The highest BCUT2D eigenvalue weighted by molar-refractivity contribution is 6.03. The Hall–Kier alpha value is -8.75. The number of rotatable bonds is 29. The molecule has 16 atom stereocenters. The lowest BCUT2D eigenvalue weighted by Gasteiger charge is -2.33. The van der Waals surface area contributed by atoms with E-state index in [2.05, 4.69) is 58.5 Å². The van der Waals surface area contributed by atoms with Crippen molar-refractivity contribution in [2.75, 3.05) is 13.1 Å². The average Bonchev–Trinajstić information content (AvgIpc) is 1.16. The summed E-state index contributed by atoms with van der Waals surface area (Å²) in [5, 5.41) is 40.9. The number of aliphatic hydroxyl groups is 1. The Morgan fingerprint density at radius 2 is 1.17 bits per heavy atom. The molecule has 0 saturated carbocycles. The molecule has 2 heterocycles. The summed E-state index contributed by atoms with van der Waals surface area (Å²) < 4.78 is 45.4. The number of amides is 13. The van der Waals surface area contributed by atoms with E-state index in [1.807, 2.05) is 0 Å². The number of likely N-dealkylation sites (tertiary alicyclic amines) is 1. The number of alkyl halides is 3. The predicted molar refractivity (Wildman–Crippen MR) is 373 cm³/mol. The zero-order chi connectivity index (χ0) is 78.2. The van der Waals surface area contributed by atoms with Crippen LogP contribution in [-0.2, 0) is 78.3 Å². The summed E-state index contributed by atoms with van der Waals surface area (Å²) in [5.41, 5.74) is 6.27. The first-order chi connectivity index (χ1) is 48.1. The van der Waals surface area contributed by atoms with Crippen molar-refractivity contribution in [3.05, 3.63) is 47.7 Å². The molecule has 33 heteroatoms. The summed E-state index contributed by atoms with van der Waals surface area (Å²) in [6.07, 6.45) is -6.46. The first-order valence-corrected chi connectivity index (χ1v) is 35.4. The number of esters is 1. The minimum absolute atomic E-state index is 0.00715. The molecule has 2 saturated heterocycles. The molecule has 30 nitrogen and oxygen atoms in total. The summed E-state index contributed by atoms with van der Waals surface area (Å²) in [6, 6.07) is -9.27. The Balaban J connectivity index is 2.02. The number of hydrogen-bond acceptors (Lipinski definition) is 17. The lowest BCUT2D eigenvalue weighted by molar-refractivity contribution is -0.175. The Kier molecular flexibility index (Phi) is 35.2. The molecule has 578 valence electrons. The third-order valence-corrected chi connectivity index (χ3v) is 18.3. The Bertz CT molecular complexity index is 3170. The number of ether oxygens (including phenoxy) is 1. The van der Waals surface area contributed by atoms with Crippen LogP contribution in [0.25, 0.3) is 0 Å². The summed E-state index contributed by atoms with van der Waals surface area (Å²) in [4.78, 5) is 200. The van der Waals surface area contributed by atoms with Crippen LogP contribution in [0, 0.1) is 41.4 Å². The number of cyclic esters (lactones) is 1. The summed E-state index contributed by atoms with van der Waals surface area (Å²) in [6.45, 7) is 26.0. The molecule has 2 fully saturated rings. The van der Waals surface area contributed by atoms with Crippen molar-refractivity contribution in [3.8, 4) is 0 Å². The molecule has 3 rings (SSSR count). The maximum Gasteiger partial charge on any atom is 0.471 e. The van der Waals surface area contributed by atoms with Gasteiger partial charge in [-0.25, -0.2) is 4.79 Å². The van der Waals surface area contributed by atoms with Crippen molar-refractivity contribution in [2.45, 2.75) is 254 Å². The quantitative estimate of drug-likeness (QED) is 0.0385. The van der Waals surface area contributed by atoms with Gasteiger partial charge in [0.2, 0.25) is 65.0 Å². The average molecular weight is 1460 g/mol. The summed E-state index contributed by atoms with van der Waals surface area (Å²) in [5.74, 6) is -19.6. The van der Waals surface area contributed by atoms with Crippen LogP contribution >= 0.6 is 0 Å². The molecule has 13 amide bonds. The van der Waals surface area contributed by atoms with Crippen molar-refractivity contribution in [1.29, 1.82) is 0 Å². The molecule has 103 heavy (non-hydrogen) atoms.